The second kappa shape index (κ2) is 6.14. The molecule has 0 spiro atoms. The Bertz CT molecular complexity index is 848. The zero-order chi connectivity index (χ0) is 16.7. The summed E-state index contributed by atoms with van der Waals surface area (Å²) in [6, 6.07) is 6.77. The zero-order valence-corrected chi connectivity index (χ0v) is 15.0. The number of benzene rings is 1. The van der Waals surface area contributed by atoms with Crippen LogP contribution in [0.5, 0.6) is 0 Å². The first-order valence-electron chi connectivity index (χ1n) is 8.30. The lowest BCUT2D eigenvalue weighted by atomic mass is 10.2. The Kier molecular flexibility index (Phi) is 3.97. The number of fused-ring (bicyclic) bond motifs is 1. The predicted molar refractivity (Wildman–Crippen MR) is 96.6 cm³/mol. The van der Waals surface area contributed by atoms with E-state index in [2.05, 4.69) is 39.9 Å². The molecule has 4 rings (SSSR count). The number of hydrogen-bond donors (Lipinski definition) is 0. The Morgan fingerprint density at radius 3 is 2.58 bits per heavy atom. The molecule has 3 heterocycles. The number of nitrogens with zero attached hydrogens (tertiary/aromatic N) is 5. The number of thiazole rings is 1. The van der Waals surface area contributed by atoms with E-state index in [-0.39, 0.29) is 0 Å². The number of rotatable bonds is 3. The van der Waals surface area contributed by atoms with Gasteiger partial charge >= 0.3 is 0 Å². The average Bonchev–Trinajstić information content (AvgIpc) is 3.20. The van der Waals surface area contributed by atoms with Crippen molar-refractivity contribution in [1.82, 2.24) is 20.0 Å². The van der Waals surface area contributed by atoms with Gasteiger partial charge in [-0.05, 0) is 32.0 Å². The van der Waals surface area contributed by atoms with Gasteiger partial charge in [0.05, 0.1) is 10.2 Å². The molecule has 1 saturated heterocycles. The van der Waals surface area contributed by atoms with Gasteiger partial charge in [-0.25, -0.2) is 4.98 Å². The molecule has 0 aliphatic carbocycles. The van der Waals surface area contributed by atoms with Crippen LogP contribution < -0.4 is 4.90 Å². The minimum Gasteiger partial charge on any atom is -0.345 e. The molecule has 2 aromatic heterocycles. The van der Waals surface area contributed by atoms with E-state index in [1.807, 2.05) is 12.1 Å². The van der Waals surface area contributed by atoms with Crippen LogP contribution in [-0.2, 0) is 0 Å². The summed E-state index contributed by atoms with van der Waals surface area (Å²) in [7, 11) is 0. The first kappa shape index (κ1) is 15.5. The van der Waals surface area contributed by atoms with Crippen LogP contribution in [0, 0.1) is 6.92 Å². The van der Waals surface area contributed by atoms with Gasteiger partial charge in [-0.3, -0.25) is 4.90 Å². The van der Waals surface area contributed by atoms with Gasteiger partial charge in [0.1, 0.15) is 0 Å². The summed E-state index contributed by atoms with van der Waals surface area (Å²) >= 11 is 1.74. The predicted octanol–water partition coefficient (Wildman–Crippen LogP) is 3.19. The topological polar surface area (TPSA) is 58.3 Å². The molecule has 1 aromatic carbocycles. The van der Waals surface area contributed by atoms with Crippen molar-refractivity contribution in [2.45, 2.75) is 26.8 Å². The van der Waals surface area contributed by atoms with Gasteiger partial charge in [-0.1, -0.05) is 16.5 Å². The summed E-state index contributed by atoms with van der Waals surface area (Å²) in [4.78, 5) is 14.0. The maximum Gasteiger partial charge on any atom is 0.223 e. The fourth-order valence-electron chi connectivity index (χ4n) is 3.03. The second-order valence-electron chi connectivity index (χ2n) is 6.43. The highest BCUT2D eigenvalue weighted by Gasteiger charge is 2.21. The molecule has 24 heavy (non-hydrogen) atoms. The summed E-state index contributed by atoms with van der Waals surface area (Å²) < 4.78 is 6.24. The van der Waals surface area contributed by atoms with Crippen LogP contribution in [-0.4, -0.2) is 52.2 Å². The summed E-state index contributed by atoms with van der Waals surface area (Å²) in [6.45, 7) is 10.6. The minimum absolute atomic E-state index is 0.582. The van der Waals surface area contributed by atoms with Crippen molar-refractivity contribution in [2.75, 3.05) is 31.1 Å². The lowest BCUT2D eigenvalue weighted by Gasteiger charge is -2.36. The number of anilines is 1. The molecule has 126 valence electrons. The summed E-state index contributed by atoms with van der Waals surface area (Å²) in [5.41, 5.74) is 2.00. The molecule has 0 unspecified atom stereocenters. The largest absolute Gasteiger partial charge is 0.345 e. The van der Waals surface area contributed by atoms with Gasteiger partial charge in [0, 0.05) is 44.7 Å². The van der Waals surface area contributed by atoms with E-state index in [4.69, 9.17) is 9.51 Å². The van der Waals surface area contributed by atoms with Gasteiger partial charge < -0.3 is 9.42 Å². The third-order valence-corrected chi connectivity index (χ3v) is 5.56. The second-order valence-corrected chi connectivity index (χ2v) is 7.44. The summed E-state index contributed by atoms with van der Waals surface area (Å²) in [6.07, 6.45) is 0. The summed E-state index contributed by atoms with van der Waals surface area (Å²) in [5.74, 6) is 1.22. The van der Waals surface area contributed by atoms with Gasteiger partial charge in [-0.2, -0.15) is 4.98 Å². The third kappa shape index (κ3) is 2.89. The quantitative estimate of drug-likeness (QED) is 0.728. The standard InChI is InChI=1S/C17H21N5OS/c1-11(2)21-6-8-22(9-7-21)17-19-14-5-4-13(10-15(14)24-17)16-18-12(3)23-20-16/h4-5,10-11H,6-9H2,1-3H3. The Morgan fingerprint density at radius 2 is 1.92 bits per heavy atom. The first-order chi connectivity index (χ1) is 11.6. The minimum atomic E-state index is 0.582. The highest BCUT2D eigenvalue weighted by atomic mass is 32.1. The molecule has 0 saturated carbocycles. The van der Waals surface area contributed by atoms with Crippen molar-refractivity contribution >= 4 is 26.7 Å². The van der Waals surface area contributed by atoms with Crippen LogP contribution in [0.3, 0.4) is 0 Å². The molecule has 0 amide bonds. The molecular weight excluding hydrogens is 322 g/mol. The van der Waals surface area contributed by atoms with Gasteiger partial charge in [-0.15, -0.1) is 0 Å². The van der Waals surface area contributed by atoms with Crippen molar-refractivity contribution in [3.8, 4) is 11.4 Å². The van der Waals surface area contributed by atoms with E-state index in [0.29, 0.717) is 17.8 Å². The van der Waals surface area contributed by atoms with Crippen LogP contribution in [0.2, 0.25) is 0 Å². The average molecular weight is 343 g/mol. The molecule has 1 fully saturated rings. The van der Waals surface area contributed by atoms with Crippen molar-refractivity contribution < 1.29 is 4.52 Å². The van der Waals surface area contributed by atoms with Gasteiger partial charge in [0.2, 0.25) is 11.7 Å². The molecule has 0 bridgehead atoms. The molecule has 1 aliphatic rings. The molecule has 0 N–H and O–H groups in total. The van der Waals surface area contributed by atoms with Gasteiger partial charge in [0.25, 0.3) is 0 Å². The van der Waals surface area contributed by atoms with Crippen molar-refractivity contribution in [3.05, 3.63) is 24.1 Å². The fourth-order valence-corrected chi connectivity index (χ4v) is 4.09. The van der Waals surface area contributed by atoms with Crippen LogP contribution in [0.25, 0.3) is 21.6 Å². The highest BCUT2D eigenvalue weighted by molar-refractivity contribution is 7.22. The SMILES string of the molecule is Cc1nc(-c2ccc3nc(N4CCN(C(C)C)CC4)sc3c2)no1. The number of piperazine rings is 1. The smallest absolute Gasteiger partial charge is 0.223 e. The summed E-state index contributed by atoms with van der Waals surface area (Å²) in [5, 5.41) is 5.10. The molecular formula is C17H21N5OS. The Morgan fingerprint density at radius 1 is 1.12 bits per heavy atom. The first-order valence-corrected chi connectivity index (χ1v) is 9.12. The lowest BCUT2D eigenvalue weighted by molar-refractivity contribution is 0.209. The monoisotopic (exact) mass is 343 g/mol. The lowest BCUT2D eigenvalue weighted by Crippen LogP contribution is -2.48. The van der Waals surface area contributed by atoms with E-state index in [0.717, 1.165) is 47.1 Å². The van der Waals surface area contributed by atoms with Crippen LogP contribution >= 0.6 is 11.3 Å². The van der Waals surface area contributed by atoms with Crippen molar-refractivity contribution in [1.29, 1.82) is 0 Å². The van der Waals surface area contributed by atoms with Gasteiger partial charge in [0.15, 0.2) is 5.13 Å². The molecule has 1 aliphatic heterocycles. The molecule has 3 aromatic rings. The van der Waals surface area contributed by atoms with E-state index in [1.54, 1.807) is 18.3 Å². The normalized spacial score (nSPS) is 16.4. The van der Waals surface area contributed by atoms with Crippen LogP contribution in [0.4, 0.5) is 5.13 Å². The van der Waals surface area contributed by atoms with E-state index < -0.39 is 0 Å². The number of aryl methyl sites for hydroxylation is 1. The number of aromatic nitrogens is 3. The van der Waals surface area contributed by atoms with E-state index in [9.17, 15) is 0 Å². The maximum absolute atomic E-state index is 5.07. The van der Waals surface area contributed by atoms with E-state index >= 15 is 0 Å². The Balaban J connectivity index is 1.58. The maximum atomic E-state index is 5.07. The van der Waals surface area contributed by atoms with Crippen LogP contribution in [0.1, 0.15) is 19.7 Å². The molecule has 6 nitrogen and oxygen atoms in total. The van der Waals surface area contributed by atoms with Crippen LogP contribution in [0.15, 0.2) is 22.7 Å². The fraction of sp³-hybridized carbons (Fsp3) is 0.471. The molecule has 0 radical (unpaired) electrons. The Labute approximate surface area is 145 Å². The molecule has 7 heteroatoms. The zero-order valence-electron chi connectivity index (χ0n) is 14.2. The van der Waals surface area contributed by atoms with Crippen molar-refractivity contribution in [2.24, 2.45) is 0 Å². The van der Waals surface area contributed by atoms with Crippen molar-refractivity contribution in [3.63, 3.8) is 0 Å². The number of hydrogen-bond acceptors (Lipinski definition) is 7. The van der Waals surface area contributed by atoms with E-state index in [1.165, 1.54) is 0 Å². The molecule has 0 atom stereocenters. The Hall–Kier alpha value is -1.99. The third-order valence-electron chi connectivity index (χ3n) is 4.48. The highest BCUT2D eigenvalue weighted by Crippen LogP contribution is 2.32.